The summed E-state index contributed by atoms with van der Waals surface area (Å²) in [5.41, 5.74) is -3.94. The number of fused-ring (bicyclic) bond motifs is 5. The Kier molecular flexibility index (Phi) is 5.79. The molecule has 4 fully saturated rings. The molecular formula is C26H39FO6. The molecule has 0 bridgehead atoms. The van der Waals surface area contributed by atoms with Gasteiger partial charge in [0, 0.05) is 31.1 Å². The number of carbonyl (C=O) groups excluding carboxylic acids is 3. The van der Waals surface area contributed by atoms with Crippen molar-refractivity contribution < 1.29 is 33.4 Å². The van der Waals surface area contributed by atoms with E-state index in [4.69, 9.17) is 9.47 Å². The maximum absolute atomic E-state index is 16.3. The number of ketones is 1. The van der Waals surface area contributed by atoms with Crippen molar-refractivity contribution in [3.05, 3.63) is 0 Å². The molecule has 7 heteroatoms. The van der Waals surface area contributed by atoms with E-state index in [9.17, 15) is 19.5 Å². The second-order valence-electron chi connectivity index (χ2n) is 11.9. The fourth-order valence-electron chi connectivity index (χ4n) is 9.07. The monoisotopic (exact) mass is 466 g/mol. The molecule has 0 aromatic rings. The molecule has 0 unspecified atom stereocenters. The molecular weight excluding hydrogens is 427 g/mol. The third-order valence-corrected chi connectivity index (χ3v) is 10.5. The van der Waals surface area contributed by atoms with E-state index < -0.39 is 46.2 Å². The third kappa shape index (κ3) is 3.16. The summed E-state index contributed by atoms with van der Waals surface area (Å²) in [5, 5.41) is 11.6. The summed E-state index contributed by atoms with van der Waals surface area (Å²) in [6.07, 6.45) is 1.81. The van der Waals surface area contributed by atoms with Crippen LogP contribution in [-0.4, -0.2) is 46.3 Å². The minimum Gasteiger partial charge on any atom is -0.462 e. The Morgan fingerprint density at radius 1 is 0.939 bits per heavy atom. The van der Waals surface area contributed by atoms with Gasteiger partial charge in [-0.25, -0.2) is 4.39 Å². The van der Waals surface area contributed by atoms with Gasteiger partial charge in [0.15, 0.2) is 11.4 Å². The molecule has 0 aromatic heterocycles. The van der Waals surface area contributed by atoms with Crippen LogP contribution in [0.25, 0.3) is 0 Å². The maximum atomic E-state index is 16.3. The van der Waals surface area contributed by atoms with E-state index in [1.54, 1.807) is 0 Å². The van der Waals surface area contributed by atoms with Crippen molar-refractivity contribution in [1.29, 1.82) is 0 Å². The summed E-state index contributed by atoms with van der Waals surface area (Å²) in [4.78, 5) is 36.5. The topological polar surface area (TPSA) is 89.9 Å². The summed E-state index contributed by atoms with van der Waals surface area (Å²) in [6, 6.07) is 0. The highest BCUT2D eigenvalue weighted by molar-refractivity contribution is 5.86. The van der Waals surface area contributed by atoms with E-state index in [2.05, 4.69) is 0 Å². The number of hydrogen-bond acceptors (Lipinski definition) is 6. The van der Waals surface area contributed by atoms with Gasteiger partial charge in [0.2, 0.25) is 0 Å². The number of aliphatic hydroxyl groups is 1. The Bertz CT molecular complexity index is 860. The zero-order chi connectivity index (χ0) is 24.6. The first-order valence-electron chi connectivity index (χ1n) is 12.5. The predicted octanol–water partition coefficient (Wildman–Crippen LogP) is 4.16. The van der Waals surface area contributed by atoms with Crippen LogP contribution in [-0.2, 0) is 23.9 Å². The molecule has 0 spiro atoms. The number of halogens is 1. The second kappa shape index (κ2) is 7.76. The standard InChI is InChI=1S/C26H39FO6/c1-14-11-21-19-12-22(27)25(33-17(4)30)13-18(32-16(3)29)7-9-23(25,5)20(19)8-10-24(21,6)26(14,31)15(2)28/h14,18-22,31H,7-13H2,1-6H3/t14-,18+,19-,20+,21+,22-,23-,24+,25+,26+/m1/s1. The summed E-state index contributed by atoms with van der Waals surface area (Å²) in [5.74, 6) is -1.20. The van der Waals surface area contributed by atoms with Crippen LogP contribution >= 0.6 is 0 Å². The number of ether oxygens (including phenoxy) is 2. The van der Waals surface area contributed by atoms with Crippen molar-refractivity contribution in [3.8, 4) is 0 Å². The lowest BCUT2D eigenvalue weighted by molar-refractivity contribution is -0.265. The number of hydrogen-bond donors (Lipinski definition) is 1. The van der Waals surface area contributed by atoms with Gasteiger partial charge < -0.3 is 14.6 Å². The highest BCUT2D eigenvalue weighted by atomic mass is 19.1. The Labute approximate surface area is 196 Å². The molecule has 4 rings (SSSR count). The van der Waals surface area contributed by atoms with Gasteiger partial charge in [0.25, 0.3) is 0 Å². The summed E-state index contributed by atoms with van der Waals surface area (Å²) in [6.45, 7) is 10.1. The Balaban J connectivity index is 1.74. The smallest absolute Gasteiger partial charge is 0.303 e. The third-order valence-electron chi connectivity index (χ3n) is 10.5. The van der Waals surface area contributed by atoms with Gasteiger partial charge in [0.1, 0.15) is 17.9 Å². The number of alkyl halides is 1. The Morgan fingerprint density at radius 3 is 2.15 bits per heavy atom. The number of rotatable bonds is 3. The normalized spacial score (nSPS) is 51.0. The Hall–Kier alpha value is -1.50. The minimum absolute atomic E-state index is 0.00599. The molecule has 33 heavy (non-hydrogen) atoms. The van der Waals surface area contributed by atoms with E-state index in [-0.39, 0.29) is 42.3 Å². The van der Waals surface area contributed by atoms with Crippen molar-refractivity contribution in [1.82, 2.24) is 0 Å². The van der Waals surface area contributed by atoms with Gasteiger partial charge in [-0.1, -0.05) is 20.8 Å². The quantitative estimate of drug-likeness (QED) is 0.628. The van der Waals surface area contributed by atoms with Crippen LogP contribution in [0.2, 0.25) is 0 Å². The average Bonchev–Trinajstić information content (AvgIpc) is 2.91. The van der Waals surface area contributed by atoms with Crippen LogP contribution in [0, 0.1) is 34.5 Å². The SMILES string of the molecule is CC(=O)O[C@H]1CC[C@]2(C)[C@H]3CC[C@@]4(C)[C@@H](C[C@@H](C)[C@]4(O)C(C)=O)[C@@H]3C[C@@H](F)[C@@]2(OC(C)=O)C1. The molecule has 4 aliphatic carbocycles. The van der Waals surface area contributed by atoms with E-state index in [0.29, 0.717) is 25.7 Å². The lowest BCUT2D eigenvalue weighted by atomic mass is 9.42. The molecule has 0 radical (unpaired) electrons. The van der Waals surface area contributed by atoms with Gasteiger partial charge in [-0.15, -0.1) is 0 Å². The zero-order valence-corrected chi connectivity index (χ0v) is 20.8. The molecule has 186 valence electrons. The zero-order valence-electron chi connectivity index (χ0n) is 20.8. The molecule has 0 saturated heterocycles. The van der Waals surface area contributed by atoms with Gasteiger partial charge in [0.05, 0.1) is 0 Å². The van der Waals surface area contributed by atoms with Crippen molar-refractivity contribution in [2.24, 2.45) is 34.5 Å². The van der Waals surface area contributed by atoms with E-state index in [1.807, 2.05) is 20.8 Å². The molecule has 4 saturated carbocycles. The van der Waals surface area contributed by atoms with E-state index in [1.165, 1.54) is 20.8 Å². The molecule has 0 aromatic carbocycles. The van der Waals surface area contributed by atoms with Crippen LogP contribution in [0.4, 0.5) is 4.39 Å². The molecule has 0 aliphatic heterocycles. The predicted molar refractivity (Wildman–Crippen MR) is 119 cm³/mol. The molecule has 4 aliphatic rings. The summed E-state index contributed by atoms with van der Waals surface area (Å²) in [7, 11) is 0. The van der Waals surface area contributed by atoms with Crippen LogP contribution in [0.1, 0.15) is 86.5 Å². The molecule has 0 amide bonds. The lowest BCUT2D eigenvalue weighted by Gasteiger charge is -2.65. The van der Waals surface area contributed by atoms with Crippen molar-refractivity contribution in [2.45, 2.75) is 110 Å². The Morgan fingerprint density at radius 2 is 1.58 bits per heavy atom. The number of esters is 2. The first-order valence-corrected chi connectivity index (χ1v) is 12.5. The first-order chi connectivity index (χ1) is 15.2. The fourth-order valence-corrected chi connectivity index (χ4v) is 9.07. The van der Waals surface area contributed by atoms with Crippen molar-refractivity contribution in [2.75, 3.05) is 0 Å². The fraction of sp³-hybridized carbons (Fsp3) is 0.885. The molecule has 1 N–H and O–H groups in total. The van der Waals surface area contributed by atoms with Crippen LogP contribution in [0.5, 0.6) is 0 Å². The van der Waals surface area contributed by atoms with E-state index >= 15 is 4.39 Å². The first kappa shape index (κ1) is 24.6. The molecule has 6 nitrogen and oxygen atoms in total. The average molecular weight is 467 g/mol. The van der Waals surface area contributed by atoms with Crippen molar-refractivity contribution in [3.63, 3.8) is 0 Å². The van der Waals surface area contributed by atoms with Gasteiger partial charge in [-0.3, -0.25) is 14.4 Å². The van der Waals surface area contributed by atoms with Crippen LogP contribution in [0.15, 0.2) is 0 Å². The van der Waals surface area contributed by atoms with Gasteiger partial charge in [-0.2, -0.15) is 0 Å². The summed E-state index contributed by atoms with van der Waals surface area (Å²) < 4.78 is 27.7. The van der Waals surface area contributed by atoms with Gasteiger partial charge >= 0.3 is 11.9 Å². The summed E-state index contributed by atoms with van der Waals surface area (Å²) >= 11 is 0. The minimum atomic E-state index is -1.41. The maximum Gasteiger partial charge on any atom is 0.303 e. The van der Waals surface area contributed by atoms with Crippen molar-refractivity contribution >= 4 is 17.7 Å². The number of Topliss-reactive ketones (excluding diaryl/α,β-unsaturated/α-hetero) is 1. The van der Waals surface area contributed by atoms with Gasteiger partial charge in [-0.05, 0) is 69.1 Å². The lowest BCUT2D eigenvalue weighted by Crippen LogP contribution is -2.70. The second-order valence-corrected chi connectivity index (χ2v) is 11.9. The highest BCUT2D eigenvalue weighted by Gasteiger charge is 2.73. The number of carbonyl (C=O) groups is 3. The largest absolute Gasteiger partial charge is 0.462 e. The highest BCUT2D eigenvalue weighted by Crippen LogP contribution is 2.71. The van der Waals surface area contributed by atoms with Crippen LogP contribution in [0.3, 0.4) is 0 Å². The molecule has 10 atom stereocenters. The molecule has 0 heterocycles. The van der Waals surface area contributed by atoms with E-state index in [0.717, 1.165) is 6.42 Å². The van der Waals surface area contributed by atoms with Crippen LogP contribution < -0.4 is 0 Å².